The second-order valence-corrected chi connectivity index (χ2v) is 15.5. The molecule has 16 nitrogen and oxygen atoms in total. The second kappa shape index (κ2) is 14.1. The molecule has 0 bridgehead atoms. The van der Waals surface area contributed by atoms with E-state index in [0.29, 0.717) is 10.9 Å². The molecule has 0 radical (unpaired) electrons. The van der Waals surface area contributed by atoms with Crippen molar-refractivity contribution in [1.29, 1.82) is 5.26 Å². The molecule has 7 rings (SSSR count). The summed E-state index contributed by atoms with van der Waals surface area (Å²) in [5.74, 6) is -1.94. The first-order chi connectivity index (χ1) is 25.3. The molecule has 4 aromatic rings. The Morgan fingerprint density at radius 1 is 1.08 bits per heavy atom. The van der Waals surface area contributed by atoms with Crippen molar-refractivity contribution in [1.82, 2.24) is 19.7 Å². The molecule has 17 heteroatoms. The molecule has 1 spiro atoms. The van der Waals surface area contributed by atoms with Gasteiger partial charge < -0.3 is 29.2 Å². The second-order valence-electron chi connectivity index (χ2n) is 13.8. The summed E-state index contributed by atoms with van der Waals surface area (Å²) in [6.45, 7) is 3.11. The molecule has 1 unspecified atom stereocenters. The van der Waals surface area contributed by atoms with Crippen LogP contribution < -0.4 is 15.3 Å². The summed E-state index contributed by atoms with van der Waals surface area (Å²) in [5.41, 5.74) is 4.59. The quantitative estimate of drug-likeness (QED) is 0.116. The van der Waals surface area contributed by atoms with Crippen LogP contribution >= 0.6 is 7.75 Å². The molecule has 2 aromatic carbocycles. The molecule has 6 atom stereocenters. The van der Waals surface area contributed by atoms with E-state index in [0.717, 1.165) is 44.9 Å². The van der Waals surface area contributed by atoms with E-state index in [1.165, 1.54) is 30.3 Å². The average molecular weight is 747 g/mol. The Bertz CT molecular complexity index is 2150. The highest BCUT2D eigenvalue weighted by Crippen LogP contribution is 2.57. The first-order valence-corrected chi connectivity index (χ1v) is 18.8. The number of nitrogens with one attached hydrogen (secondary N) is 1. The average Bonchev–Trinajstić information content (AvgIpc) is 3.64. The number of nitrogens with zero attached hydrogens (tertiary/aromatic N) is 4. The third-order valence-electron chi connectivity index (χ3n) is 10.1. The Labute approximate surface area is 304 Å². The van der Waals surface area contributed by atoms with Gasteiger partial charge in [0.25, 0.3) is 0 Å². The number of nitrogens with two attached hydrogens (primary N) is 1. The number of hydrogen-bond donors (Lipinski definition) is 2. The number of aromatic nitrogens is 3. The third kappa shape index (κ3) is 6.93. The monoisotopic (exact) mass is 746 g/mol. The minimum Gasteiger partial charge on any atom is -0.461 e. The lowest BCUT2D eigenvalue weighted by atomic mass is 9.55. The van der Waals surface area contributed by atoms with E-state index < -0.39 is 62.2 Å². The van der Waals surface area contributed by atoms with E-state index in [2.05, 4.69) is 21.2 Å². The third-order valence-corrected chi connectivity index (χ3v) is 11.8. The van der Waals surface area contributed by atoms with E-state index in [1.54, 1.807) is 30.3 Å². The fourth-order valence-electron chi connectivity index (χ4n) is 7.47. The zero-order valence-electron chi connectivity index (χ0n) is 29.3. The highest BCUT2D eigenvalue weighted by Gasteiger charge is 2.62. The van der Waals surface area contributed by atoms with Crippen LogP contribution in [0.4, 0.5) is 5.82 Å². The van der Waals surface area contributed by atoms with Crippen molar-refractivity contribution in [2.45, 2.75) is 88.9 Å². The molecule has 53 heavy (non-hydrogen) atoms. The highest BCUT2D eigenvalue weighted by molar-refractivity contribution is 7.52. The van der Waals surface area contributed by atoms with Crippen LogP contribution in [0.1, 0.15) is 58.6 Å². The van der Waals surface area contributed by atoms with Crippen molar-refractivity contribution in [3.63, 3.8) is 0 Å². The number of esters is 3. The van der Waals surface area contributed by atoms with Crippen molar-refractivity contribution in [2.75, 3.05) is 12.3 Å². The largest absolute Gasteiger partial charge is 0.461 e. The maximum Gasteiger partial charge on any atom is 0.459 e. The SMILES string of the molecule is CC(=O)O[C@H]1[C@@H](OC(C)=O)[C@](C#N)(c2ccc3c(N)ncnn23)O[C@@H]1COP(=O)(N[C@@H](C)C(=O)OC1CC2(CCC2)C1)Oc1cccc2ccccc12. The lowest BCUT2D eigenvalue weighted by Gasteiger charge is -2.53. The van der Waals surface area contributed by atoms with Gasteiger partial charge in [-0.1, -0.05) is 42.8 Å². The molecular formula is C36H39N6O10P. The standard InChI is InChI=1S/C36H39N6O10P/c1-21(34(45)50-25-16-35(17-25)14-7-15-35)41-53(46,52-28-11-6-9-24-8-4-5-10-26(24)28)47-18-29-31(48-22(2)43)32(49-23(3)44)36(19-37,51-29)30-13-12-27-33(38)39-20-40-42(27)30/h4-6,8-13,20-21,25,29,31-32H,7,14-18H2,1-3H3,(H,41,46)(H2,38,39,40)/t21-,29+,31+,32+,36-,53?/m0/s1. The van der Waals surface area contributed by atoms with Crippen LogP contribution in [0, 0.1) is 16.7 Å². The van der Waals surface area contributed by atoms with Gasteiger partial charge in [0.2, 0.25) is 5.60 Å². The van der Waals surface area contributed by atoms with Crippen LogP contribution in [0.2, 0.25) is 0 Å². The van der Waals surface area contributed by atoms with E-state index in [4.69, 9.17) is 33.7 Å². The summed E-state index contributed by atoms with van der Waals surface area (Å²) in [5, 5.41) is 19.1. The zero-order valence-corrected chi connectivity index (χ0v) is 30.2. The predicted molar refractivity (Wildman–Crippen MR) is 187 cm³/mol. The fourth-order valence-corrected chi connectivity index (χ4v) is 8.99. The van der Waals surface area contributed by atoms with Gasteiger partial charge in [-0.2, -0.15) is 15.4 Å². The van der Waals surface area contributed by atoms with Crippen LogP contribution in [-0.2, 0) is 48.0 Å². The lowest BCUT2D eigenvalue weighted by molar-refractivity contribution is -0.169. The van der Waals surface area contributed by atoms with E-state index in [1.807, 2.05) is 18.2 Å². The van der Waals surface area contributed by atoms with Crippen LogP contribution in [-0.4, -0.2) is 69.6 Å². The molecule has 2 aliphatic carbocycles. The van der Waals surface area contributed by atoms with E-state index in [9.17, 15) is 24.2 Å². The van der Waals surface area contributed by atoms with Crippen molar-refractivity contribution in [3.8, 4) is 11.8 Å². The number of hydrogen-bond acceptors (Lipinski definition) is 14. The summed E-state index contributed by atoms with van der Waals surface area (Å²) < 4.78 is 51.5. The molecular weight excluding hydrogens is 707 g/mol. The number of nitrogen functional groups attached to an aromatic ring is 1. The first kappa shape index (κ1) is 36.3. The normalized spacial score (nSPS) is 25.1. The number of fused-ring (bicyclic) bond motifs is 2. The first-order valence-electron chi connectivity index (χ1n) is 17.3. The van der Waals surface area contributed by atoms with Gasteiger partial charge in [0.15, 0.2) is 18.0 Å². The molecule has 3 aliphatic rings. The Hall–Kier alpha value is -5.07. The molecule has 3 heterocycles. The number of benzene rings is 2. The maximum absolute atomic E-state index is 14.8. The van der Waals surface area contributed by atoms with Crippen molar-refractivity contribution in [2.24, 2.45) is 5.41 Å². The molecule has 278 valence electrons. The number of ether oxygens (including phenoxy) is 4. The van der Waals surface area contributed by atoms with Gasteiger partial charge in [0, 0.05) is 19.2 Å². The molecule has 2 aromatic heterocycles. The molecule has 3 fully saturated rings. The van der Waals surface area contributed by atoms with Crippen molar-refractivity contribution in [3.05, 3.63) is 66.6 Å². The molecule has 1 aliphatic heterocycles. The van der Waals surface area contributed by atoms with Gasteiger partial charge in [0.05, 0.1) is 12.3 Å². The topological polar surface area (TPSA) is 216 Å². The molecule has 3 N–H and O–H groups in total. The zero-order chi connectivity index (χ0) is 37.5. The number of anilines is 1. The Balaban J connectivity index is 1.20. The number of carbonyl (C=O) groups is 3. The predicted octanol–water partition coefficient (Wildman–Crippen LogP) is 4.50. The number of carbonyl (C=O) groups excluding carboxylic acids is 3. The molecule has 0 amide bonds. The van der Waals surface area contributed by atoms with Crippen molar-refractivity contribution >= 4 is 47.8 Å². The lowest BCUT2D eigenvalue weighted by Crippen LogP contribution is -2.49. The van der Waals surface area contributed by atoms with Gasteiger partial charge >= 0.3 is 25.7 Å². The summed E-state index contributed by atoms with van der Waals surface area (Å²) in [6, 6.07) is 16.4. The van der Waals surface area contributed by atoms with Crippen LogP contribution in [0.25, 0.3) is 16.3 Å². The smallest absolute Gasteiger partial charge is 0.459 e. The Morgan fingerprint density at radius 3 is 2.51 bits per heavy atom. The minimum absolute atomic E-state index is 0.0827. The Kier molecular flexibility index (Phi) is 9.62. The van der Waals surface area contributed by atoms with Crippen molar-refractivity contribution < 1.29 is 46.9 Å². The van der Waals surface area contributed by atoms with Crippen LogP contribution in [0.5, 0.6) is 5.75 Å². The van der Waals surface area contributed by atoms with Gasteiger partial charge in [0.1, 0.15) is 41.9 Å². The van der Waals surface area contributed by atoms with E-state index in [-0.39, 0.29) is 28.8 Å². The highest BCUT2D eigenvalue weighted by atomic mass is 31.2. The fraction of sp³-hybridized carbons (Fsp3) is 0.444. The summed E-state index contributed by atoms with van der Waals surface area (Å²) in [6.07, 6.45) is 1.57. The summed E-state index contributed by atoms with van der Waals surface area (Å²) >= 11 is 0. The van der Waals surface area contributed by atoms with Crippen LogP contribution in [0.3, 0.4) is 0 Å². The van der Waals surface area contributed by atoms with Gasteiger partial charge in [-0.25, -0.2) is 14.1 Å². The maximum atomic E-state index is 14.8. The van der Waals surface area contributed by atoms with Gasteiger partial charge in [-0.05, 0) is 61.6 Å². The van der Waals surface area contributed by atoms with E-state index >= 15 is 0 Å². The van der Waals surface area contributed by atoms with Crippen LogP contribution in [0.15, 0.2) is 60.9 Å². The molecule has 2 saturated carbocycles. The molecule has 1 saturated heterocycles. The minimum atomic E-state index is -4.53. The summed E-state index contributed by atoms with van der Waals surface area (Å²) in [4.78, 5) is 42.2. The van der Waals surface area contributed by atoms with Gasteiger partial charge in [-0.15, -0.1) is 0 Å². The Morgan fingerprint density at radius 2 is 1.81 bits per heavy atom. The number of nitriles is 1. The summed E-state index contributed by atoms with van der Waals surface area (Å²) in [7, 11) is -4.53. The van der Waals surface area contributed by atoms with Gasteiger partial charge in [-0.3, -0.25) is 18.9 Å². The number of rotatable bonds is 12.